The molecule has 3 rings (SSSR count). The summed E-state index contributed by atoms with van der Waals surface area (Å²) < 4.78 is 30.3. The molecule has 0 unspecified atom stereocenters. The van der Waals surface area contributed by atoms with Gasteiger partial charge < -0.3 is 19.7 Å². The van der Waals surface area contributed by atoms with Gasteiger partial charge in [-0.2, -0.15) is 0 Å². The zero-order valence-electron chi connectivity index (χ0n) is 9.07. The van der Waals surface area contributed by atoms with E-state index in [1.165, 1.54) is 12.1 Å². The lowest BCUT2D eigenvalue weighted by Crippen LogP contribution is -2.16. The lowest BCUT2D eigenvalue weighted by atomic mass is 10.1. The van der Waals surface area contributed by atoms with Gasteiger partial charge in [-0.05, 0) is 15.9 Å². The van der Waals surface area contributed by atoms with Gasteiger partial charge in [0.25, 0.3) is 0 Å². The van der Waals surface area contributed by atoms with Crippen LogP contribution >= 0.6 is 15.9 Å². The molecule has 1 aromatic carbocycles. The van der Waals surface area contributed by atoms with Crippen LogP contribution in [-0.2, 0) is 0 Å². The number of nitrogens with zero attached hydrogens (tertiary/aromatic N) is 1. The largest absolute Gasteiger partial charge is 0.486 e. The molecule has 2 aromatic rings. The molecule has 0 atom stereocenters. The molecule has 5 nitrogen and oxygen atoms in total. The standard InChI is InChI=1S/C11H8BrFN2O3/c12-5-3-7-11(17-2-1-16-7)9(10(5)13)6-4-8(14)15-18-6/h3-4H,1-2H2,(H2,14,15). The highest BCUT2D eigenvalue weighted by Gasteiger charge is 2.26. The summed E-state index contributed by atoms with van der Waals surface area (Å²) in [6.45, 7) is 0.772. The monoisotopic (exact) mass is 314 g/mol. The minimum atomic E-state index is -0.504. The molecule has 0 saturated carbocycles. The van der Waals surface area contributed by atoms with E-state index in [9.17, 15) is 4.39 Å². The van der Waals surface area contributed by atoms with Gasteiger partial charge in [-0.1, -0.05) is 5.16 Å². The molecular weight excluding hydrogens is 307 g/mol. The van der Waals surface area contributed by atoms with Crippen molar-refractivity contribution in [2.24, 2.45) is 0 Å². The lowest BCUT2D eigenvalue weighted by Gasteiger charge is -2.21. The van der Waals surface area contributed by atoms with Gasteiger partial charge in [0.1, 0.15) is 18.8 Å². The number of aromatic nitrogens is 1. The van der Waals surface area contributed by atoms with Crippen molar-refractivity contribution in [2.45, 2.75) is 0 Å². The third-order valence-electron chi connectivity index (χ3n) is 2.50. The summed E-state index contributed by atoms with van der Waals surface area (Å²) in [5.74, 6) is 0.635. The van der Waals surface area contributed by atoms with Crippen molar-refractivity contribution >= 4 is 21.7 Å². The zero-order valence-corrected chi connectivity index (χ0v) is 10.7. The first-order chi connectivity index (χ1) is 8.66. The Morgan fingerprint density at radius 2 is 2.06 bits per heavy atom. The van der Waals surface area contributed by atoms with E-state index in [1.54, 1.807) is 0 Å². The molecule has 94 valence electrons. The van der Waals surface area contributed by atoms with E-state index in [0.29, 0.717) is 24.7 Å². The van der Waals surface area contributed by atoms with Crippen molar-refractivity contribution in [1.82, 2.24) is 5.16 Å². The maximum Gasteiger partial charge on any atom is 0.175 e. The van der Waals surface area contributed by atoms with E-state index in [0.717, 1.165) is 0 Å². The first kappa shape index (κ1) is 11.3. The van der Waals surface area contributed by atoms with Crippen LogP contribution in [0, 0.1) is 5.82 Å². The Morgan fingerprint density at radius 3 is 2.78 bits per heavy atom. The number of nitrogen functional groups attached to an aromatic ring is 1. The van der Waals surface area contributed by atoms with Crippen molar-refractivity contribution in [2.75, 3.05) is 18.9 Å². The third kappa shape index (κ3) is 1.71. The van der Waals surface area contributed by atoms with Crippen molar-refractivity contribution in [1.29, 1.82) is 0 Å². The smallest absolute Gasteiger partial charge is 0.175 e. The van der Waals surface area contributed by atoms with E-state index in [2.05, 4.69) is 21.1 Å². The zero-order chi connectivity index (χ0) is 12.7. The van der Waals surface area contributed by atoms with Crippen LogP contribution in [0.1, 0.15) is 0 Å². The highest BCUT2D eigenvalue weighted by molar-refractivity contribution is 9.10. The lowest BCUT2D eigenvalue weighted by molar-refractivity contribution is 0.171. The predicted molar refractivity (Wildman–Crippen MR) is 65.0 cm³/mol. The molecule has 1 aliphatic heterocycles. The molecule has 0 saturated heterocycles. The molecule has 0 aliphatic carbocycles. The number of fused-ring (bicyclic) bond motifs is 1. The average Bonchev–Trinajstić information content (AvgIpc) is 2.77. The molecule has 2 heterocycles. The van der Waals surface area contributed by atoms with Crippen molar-refractivity contribution in [3.63, 3.8) is 0 Å². The molecule has 0 bridgehead atoms. The predicted octanol–water partition coefficient (Wildman–Crippen LogP) is 2.60. The number of anilines is 1. The summed E-state index contributed by atoms with van der Waals surface area (Å²) in [5, 5.41) is 3.54. The Balaban J connectivity index is 2.26. The molecule has 0 radical (unpaired) electrons. The van der Waals surface area contributed by atoms with E-state index in [-0.39, 0.29) is 21.6 Å². The minimum absolute atomic E-state index is 0.156. The molecule has 1 aromatic heterocycles. The van der Waals surface area contributed by atoms with Gasteiger partial charge >= 0.3 is 0 Å². The number of hydrogen-bond acceptors (Lipinski definition) is 5. The average molecular weight is 315 g/mol. The Kier molecular flexibility index (Phi) is 2.62. The van der Waals surface area contributed by atoms with Crippen molar-refractivity contribution in [3.8, 4) is 22.8 Å². The maximum absolute atomic E-state index is 14.2. The van der Waals surface area contributed by atoms with Gasteiger partial charge in [0.05, 0.1) is 4.47 Å². The normalized spacial score (nSPS) is 13.7. The molecule has 0 fully saturated rings. The van der Waals surface area contributed by atoms with Crippen LogP contribution < -0.4 is 15.2 Å². The van der Waals surface area contributed by atoms with Gasteiger partial charge in [0.15, 0.2) is 28.9 Å². The van der Waals surface area contributed by atoms with Crippen molar-refractivity contribution in [3.05, 3.63) is 22.4 Å². The van der Waals surface area contributed by atoms with Gasteiger partial charge in [0.2, 0.25) is 0 Å². The summed E-state index contributed by atoms with van der Waals surface area (Å²) in [4.78, 5) is 0. The van der Waals surface area contributed by atoms with Crippen LogP contribution in [0.5, 0.6) is 11.5 Å². The van der Waals surface area contributed by atoms with Crippen LogP contribution in [0.4, 0.5) is 10.2 Å². The van der Waals surface area contributed by atoms with Gasteiger partial charge in [-0.3, -0.25) is 0 Å². The summed E-state index contributed by atoms with van der Waals surface area (Å²) in [7, 11) is 0. The fraction of sp³-hybridized carbons (Fsp3) is 0.182. The third-order valence-corrected chi connectivity index (χ3v) is 3.08. The summed E-state index contributed by atoms with van der Waals surface area (Å²) in [5.41, 5.74) is 5.62. The number of ether oxygens (including phenoxy) is 2. The quantitative estimate of drug-likeness (QED) is 0.876. The second-order valence-electron chi connectivity index (χ2n) is 3.69. The highest BCUT2D eigenvalue weighted by Crippen LogP contribution is 2.45. The summed E-state index contributed by atoms with van der Waals surface area (Å²) >= 11 is 3.13. The molecule has 1 aliphatic rings. The second kappa shape index (κ2) is 4.16. The Labute approximate surface area is 110 Å². The fourth-order valence-electron chi connectivity index (χ4n) is 1.76. The molecule has 2 N–H and O–H groups in total. The van der Waals surface area contributed by atoms with Crippen LogP contribution in [0.3, 0.4) is 0 Å². The number of nitrogens with two attached hydrogens (primary N) is 1. The molecule has 7 heteroatoms. The van der Waals surface area contributed by atoms with Gasteiger partial charge in [-0.25, -0.2) is 4.39 Å². The van der Waals surface area contributed by atoms with E-state index < -0.39 is 5.82 Å². The maximum atomic E-state index is 14.2. The molecule has 0 amide bonds. The molecular formula is C11H8BrFN2O3. The van der Waals surface area contributed by atoms with Gasteiger partial charge in [-0.15, -0.1) is 0 Å². The topological polar surface area (TPSA) is 70.5 Å². The van der Waals surface area contributed by atoms with E-state index in [1.807, 2.05) is 0 Å². The molecule has 0 spiro atoms. The number of hydrogen-bond donors (Lipinski definition) is 1. The first-order valence-corrected chi connectivity index (χ1v) is 5.96. The van der Waals surface area contributed by atoms with Crippen LogP contribution in [0.25, 0.3) is 11.3 Å². The van der Waals surface area contributed by atoms with Crippen LogP contribution in [0.15, 0.2) is 21.1 Å². The second-order valence-corrected chi connectivity index (χ2v) is 4.54. The summed E-state index contributed by atoms with van der Waals surface area (Å²) in [6, 6.07) is 2.95. The summed E-state index contributed by atoms with van der Waals surface area (Å²) in [6.07, 6.45) is 0. The first-order valence-electron chi connectivity index (χ1n) is 5.17. The molecule has 18 heavy (non-hydrogen) atoms. The van der Waals surface area contributed by atoms with E-state index >= 15 is 0 Å². The SMILES string of the molecule is Nc1cc(-c2c(F)c(Br)cc3c2OCCO3)on1. The number of benzene rings is 1. The number of halogens is 2. The van der Waals surface area contributed by atoms with Crippen LogP contribution in [-0.4, -0.2) is 18.4 Å². The van der Waals surface area contributed by atoms with Crippen molar-refractivity contribution < 1.29 is 18.4 Å². The Morgan fingerprint density at radius 1 is 1.28 bits per heavy atom. The van der Waals surface area contributed by atoms with Gasteiger partial charge in [0, 0.05) is 12.1 Å². The fourth-order valence-corrected chi connectivity index (χ4v) is 2.17. The minimum Gasteiger partial charge on any atom is -0.486 e. The van der Waals surface area contributed by atoms with Crippen LogP contribution in [0.2, 0.25) is 0 Å². The number of rotatable bonds is 1. The Hall–Kier alpha value is -1.76. The highest BCUT2D eigenvalue weighted by atomic mass is 79.9. The van der Waals surface area contributed by atoms with E-state index in [4.69, 9.17) is 19.7 Å². The Bertz CT molecular complexity index is 615.